The van der Waals surface area contributed by atoms with Crippen LogP contribution in [0, 0.1) is 5.41 Å². The van der Waals surface area contributed by atoms with E-state index in [1.807, 2.05) is 18.0 Å². The highest BCUT2D eigenvalue weighted by molar-refractivity contribution is 5.91. The second-order valence-corrected chi connectivity index (χ2v) is 4.99. The smallest absolute Gasteiger partial charge is 0.267 e. The summed E-state index contributed by atoms with van der Waals surface area (Å²) in [5, 5.41) is 0. The van der Waals surface area contributed by atoms with Gasteiger partial charge in [-0.25, -0.2) is 0 Å². The number of pyridine rings is 1. The van der Waals surface area contributed by atoms with Crippen molar-refractivity contribution in [2.45, 2.75) is 13.8 Å². The van der Waals surface area contributed by atoms with E-state index in [1.165, 1.54) is 0 Å². The van der Waals surface area contributed by atoms with Gasteiger partial charge in [-0.15, -0.1) is 0 Å². The molecule has 0 radical (unpaired) electrons. The topological polar surface area (TPSA) is 85.2 Å². The van der Waals surface area contributed by atoms with Gasteiger partial charge < -0.3 is 16.4 Å². The minimum absolute atomic E-state index is 0.0188. The Morgan fingerprint density at radius 2 is 2.18 bits per heavy atom. The number of carbonyl (C=O) groups excluding carboxylic acids is 1. The quantitative estimate of drug-likeness (QED) is 0.784. The number of rotatable bonds is 5. The molecule has 4 N–H and O–H groups in total. The molecule has 0 atom stereocenters. The van der Waals surface area contributed by atoms with E-state index in [0.717, 1.165) is 12.2 Å². The lowest BCUT2D eigenvalue weighted by Gasteiger charge is -2.30. The van der Waals surface area contributed by atoms with E-state index in [4.69, 9.17) is 11.5 Å². The Bertz CT molecular complexity index is 403. The molecule has 94 valence electrons. The van der Waals surface area contributed by atoms with Crippen LogP contribution in [0.5, 0.6) is 0 Å². The van der Waals surface area contributed by atoms with Crippen molar-refractivity contribution in [2.24, 2.45) is 16.9 Å². The number of primary amides is 1. The predicted octanol–water partition coefficient (Wildman–Crippen LogP) is 0.602. The first kappa shape index (κ1) is 13.4. The molecule has 0 bridgehead atoms. The zero-order valence-corrected chi connectivity index (χ0v) is 10.6. The van der Waals surface area contributed by atoms with E-state index in [9.17, 15) is 4.79 Å². The van der Waals surface area contributed by atoms with Crippen LogP contribution in [-0.2, 0) is 0 Å². The van der Waals surface area contributed by atoms with Gasteiger partial charge in [0.2, 0.25) is 0 Å². The Hall–Kier alpha value is -1.62. The summed E-state index contributed by atoms with van der Waals surface area (Å²) >= 11 is 0. The van der Waals surface area contributed by atoms with Crippen LogP contribution in [-0.4, -0.2) is 31.0 Å². The summed E-state index contributed by atoms with van der Waals surface area (Å²) in [6.07, 6.45) is 1.58. The maximum Gasteiger partial charge on any atom is 0.267 e. The first-order valence-electron chi connectivity index (χ1n) is 5.53. The van der Waals surface area contributed by atoms with Crippen molar-refractivity contribution in [1.29, 1.82) is 0 Å². The number of carbonyl (C=O) groups is 1. The molecule has 0 aliphatic rings. The number of hydrogen-bond acceptors (Lipinski definition) is 4. The molecule has 1 amide bonds. The largest absolute Gasteiger partial charge is 0.374 e. The van der Waals surface area contributed by atoms with Gasteiger partial charge in [0.15, 0.2) is 0 Å². The van der Waals surface area contributed by atoms with Gasteiger partial charge >= 0.3 is 0 Å². The second kappa shape index (κ2) is 5.14. The van der Waals surface area contributed by atoms with Crippen molar-refractivity contribution < 1.29 is 4.79 Å². The molecule has 1 heterocycles. The summed E-state index contributed by atoms with van der Waals surface area (Å²) in [6.45, 7) is 5.59. The van der Waals surface area contributed by atoms with Crippen molar-refractivity contribution in [3.8, 4) is 0 Å². The Morgan fingerprint density at radius 1 is 1.53 bits per heavy atom. The lowest BCUT2D eigenvalue weighted by atomic mass is 9.93. The van der Waals surface area contributed by atoms with Crippen molar-refractivity contribution >= 4 is 11.6 Å². The van der Waals surface area contributed by atoms with Gasteiger partial charge in [-0.3, -0.25) is 9.78 Å². The Balaban J connectivity index is 2.85. The lowest BCUT2D eigenvalue weighted by molar-refractivity contribution is 0.0995. The average molecular weight is 236 g/mol. The van der Waals surface area contributed by atoms with Crippen LogP contribution < -0.4 is 16.4 Å². The molecule has 0 aromatic carbocycles. The highest BCUT2D eigenvalue weighted by atomic mass is 16.1. The Morgan fingerprint density at radius 3 is 2.71 bits per heavy atom. The van der Waals surface area contributed by atoms with Gasteiger partial charge in [-0.05, 0) is 24.1 Å². The molecule has 0 spiro atoms. The molecule has 5 nitrogen and oxygen atoms in total. The maximum absolute atomic E-state index is 11.0. The lowest BCUT2D eigenvalue weighted by Crippen LogP contribution is -2.36. The van der Waals surface area contributed by atoms with E-state index in [1.54, 1.807) is 12.3 Å². The summed E-state index contributed by atoms with van der Waals surface area (Å²) < 4.78 is 0. The van der Waals surface area contributed by atoms with E-state index >= 15 is 0 Å². The summed E-state index contributed by atoms with van der Waals surface area (Å²) in [4.78, 5) is 17.0. The molecule has 1 aromatic heterocycles. The number of nitrogens with zero attached hydrogens (tertiary/aromatic N) is 2. The summed E-state index contributed by atoms with van der Waals surface area (Å²) in [6, 6.07) is 3.54. The van der Waals surface area contributed by atoms with E-state index in [0.29, 0.717) is 6.54 Å². The minimum atomic E-state index is -0.515. The summed E-state index contributed by atoms with van der Waals surface area (Å²) in [5.41, 5.74) is 12.1. The maximum atomic E-state index is 11.0. The van der Waals surface area contributed by atoms with Gasteiger partial charge in [0.1, 0.15) is 5.69 Å². The fraction of sp³-hybridized carbons (Fsp3) is 0.500. The van der Waals surface area contributed by atoms with Gasteiger partial charge in [0.25, 0.3) is 5.91 Å². The van der Waals surface area contributed by atoms with Gasteiger partial charge in [0, 0.05) is 25.5 Å². The van der Waals surface area contributed by atoms with Crippen LogP contribution in [0.2, 0.25) is 0 Å². The third kappa shape index (κ3) is 3.71. The van der Waals surface area contributed by atoms with Gasteiger partial charge in [-0.1, -0.05) is 13.8 Å². The number of hydrogen-bond donors (Lipinski definition) is 2. The molecule has 1 rings (SSSR count). The zero-order chi connectivity index (χ0) is 13.1. The van der Waals surface area contributed by atoms with E-state index in [2.05, 4.69) is 18.8 Å². The molecule has 17 heavy (non-hydrogen) atoms. The van der Waals surface area contributed by atoms with Crippen LogP contribution in [0.15, 0.2) is 18.3 Å². The van der Waals surface area contributed by atoms with E-state index in [-0.39, 0.29) is 11.1 Å². The SMILES string of the molecule is CN(CC(C)(C)CN)c1ccnc(C(N)=O)c1. The summed E-state index contributed by atoms with van der Waals surface area (Å²) in [7, 11) is 1.96. The first-order valence-corrected chi connectivity index (χ1v) is 5.53. The van der Waals surface area contributed by atoms with Gasteiger partial charge in [-0.2, -0.15) is 0 Å². The molecule has 0 saturated carbocycles. The molecule has 0 unspecified atom stereocenters. The Kier molecular flexibility index (Phi) is 4.07. The van der Waals surface area contributed by atoms with Crippen molar-refractivity contribution in [3.05, 3.63) is 24.0 Å². The van der Waals surface area contributed by atoms with Crippen molar-refractivity contribution in [2.75, 3.05) is 25.0 Å². The molecule has 0 fully saturated rings. The molecule has 0 aliphatic heterocycles. The van der Waals surface area contributed by atoms with Gasteiger partial charge in [0.05, 0.1) is 0 Å². The fourth-order valence-electron chi connectivity index (χ4n) is 1.59. The second-order valence-electron chi connectivity index (χ2n) is 4.99. The highest BCUT2D eigenvalue weighted by Crippen LogP contribution is 2.19. The molecule has 1 aromatic rings. The molecule has 0 aliphatic carbocycles. The van der Waals surface area contributed by atoms with Crippen LogP contribution in [0.4, 0.5) is 5.69 Å². The molecular formula is C12H20N4O. The minimum Gasteiger partial charge on any atom is -0.374 e. The van der Waals surface area contributed by atoms with Crippen LogP contribution in [0.3, 0.4) is 0 Å². The molecule has 5 heteroatoms. The third-order valence-corrected chi connectivity index (χ3v) is 2.65. The highest BCUT2D eigenvalue weighted by Gasteiger charge is 2.18. The summed E-state index contributed by atoms with van der Waals surface area (Å²) in [5.74, 6) is -0.515. The third-order valence-electron chi connectivity index (χ3n) is 2.65. The van der Waals surface area contributed by atoms with Crippen LogP contribution in [0.1, 0.15) is 24.3 Å². The monoisotopic (exact) mass is 236 g/mol. The molecule has 0 saturated heterocycles. The van der Waals surface area contributed by atoms with Crippen molar-refractivity contribution in [3.63, 3.8) is 0 Å². The average Bonchev–Trinajstić information content (AvgIpc) is 2.28. The van der Waals surface area contributed by atoms with Crippen molar-refractivity contribution in [1.82, 2.24) is 4.98 Å². The number of amides is 1. The normalized spacial score (nSPS) is 11.3. The number of aromatic nitrogens is 1. The number of nitrogens with two attached hydrogens (primary N) is 2. The van der Waals surface area contributed by atoms with Crippen LogP contribution >= 0.6 is 0 Å². The standard InChI is InChI=1S/C12H20N4O/c1-12(2,7-13)8-16(3)9-4-5-15-10(6-9)11(14)17/h4-6H,7-8,13H2,1-3H3,(H2,14,17). The predicted molar refractivity (Wildman–Crippen MR) is 68.9 cm³/mol. The van der Waals surface area contributed by atoms with Crippen LogP contribution in [0.25, 0.3) is 0 Å². The van der Waals surface area contributed by atoms with E-state index < -0.39 is 5.91 Å². The molecular weight excluding hydrogens is 216 g/mol. The fourth-order valence-corrected chi connectivity index (χ4v) is 1.59. The number of anilines is 1. The first-order chi connectivity index (χ1) is 7.85. The zero-order valence-electron chi connectivity index (χ0n) is 10.6. The Labute approximate surface area is 102 Å².